The summed E-state index contributed by atoms with van der Waals surface area (Å²) in [6.45, 7) is 3.69. The maximum atomic E-state index is 13.9. The zero-order valence-electron chi connectivity index (χ0n) is 24.0. The van der Waals surface area contributed by atoms with E-state index in [0.29, 0.717) is 24.2 Å². The molecule has 2 aromatic heterocycles. The van der Waals surface area contributed by atoms with Crippen LogP contribution in [0, 0.1) is 6.92 Å². The maximum absolute atomic E-state index is 13.9. The van der Waals surface area contributed by atoms with Gasteiger partial charge in [0, 0.05) is 36.1 Å². The molecule has 1 saturated heterocycles. The molecule has 2 amide bonds. The lowest BCUT2D eigenvalue weighted by Crippen LogP contribution is -2.50. The Morgan fingerprint density at radius 1 is 1.16 bits per heavy atom. The summed E-state index contributed by atoms with van der Waals surface area (Å²) < 4.78 is 56.8. The number of piperidine rings is 1. The van der Waals surface area contributed by atoms with Crippen molar-refractivity contribution in [1.29, 1.82) is 0 Å². The summed E-state index contributed by atoms with van der Waals surface area (Å²) in [7, 11) is -4.34. The normalized spacial score (nSPS) is 14.4. The highest BCUT2D eigenvalue weighted by Crippen LogP contribution is 2.36. The van der Waals surface area contributed by atoms with Gasteiger partial charge in [-0.3, -0.25) is 9.59 Å². The molecule has 0 aliphatic carbocycles. The Hall–Kier alpha value is -3.68. The van der Waals surface area contributed by atoms with E-state index in [4.69, 9.17) is 5.73 Å². The second kappa shape index (κ2) is 14.2. The largest absolute Gasteiger partial charge is 0.384 e. The van der Waals surface area contributed by atoms with E-state index in [1.54, 1.807) is 31.3 Å². The summed E-state index contributed by atoms with van der Waals surface area (Å²) in [4.78, 5) is 32.3. The van der Waals surface area contributed by atoms with Crippen molar-refractivity contribution in [2.75, 3.05) is 24.1 Å². The Morgan fingerprint density at radius 3 is 2.53 bits per heavy atom. The van der Waals surface area contributed by atoms with E-state index >= 15 is 0 Å². The number of aryl methyl sites for hydroxylation is 2. The number of rotatable bonds is 11. The molecule has 230 valence electrons. The first-order valence-corrected chi connectivity index (χ1v) is 16.4. The number of benzene rings is 1. The number of thiophene rings is 1. The van der Waals surface area contributed by atoms with E-state index in [9.17, 15) is 26.8 Å². The topological polar surface area (TPSA) is 134 Å². The number of anilines is 2. The van der Waals surface area contributed by atoms with Gasteiger partial charge in [0.25, 0.3) is 6.08 Å². The number of nitrogens with one attached hydrogen (secondary N) is 2. The molecule has 4 rings (SSSR count). The maximum Gasteiger partial charge on any atom is 0.269 e. The van der Waals surface area contributed by atoms with Gasteiger partial charge in [-0.05, 0) is 79.3 Å². The minimum Gasteiger partial charge on any atom is -0.384 e. The third-order valence-electron chi connectivity index (χ3n) is 7.41. The first-order chi connectivity index (χ1) is 20.5. The number of carbonyl (C=O) groups is 2. The molecule has 1 fully saturated rings. The van der Waals surface area contributed by atoms with Gasteiger partial charge in [-0.2, -0.15) is 13.5 Å². The fourth-order valence-corrected chi connectivity index (χ4v) is 7.17. The first kappa shape index (κ1) is 32.2. The van der Waals surface area contributed by atoms with Crippen LogP contribution in [-0.2, 0) is 26.0 Å². The average Bonchev–Trinajstić information content (AvgIpc) is 3.52. The van der Waals surface area contributed by atoms with Crippen LogP contribution in [0.2, 0.25) is 0 Å². The highest BCUT2D eigenvalue weighted by molar-refractivity contribution is 7.89. The van der Waals surface area contributed by atoms with Crippen LogP contribution in [0.1, 0.15) is 50.2 Å². The highest BCUT2D eigenvalue weighted by Gasteiger charge is 2.33. The summed E-state index contributed by atoms with van der Waals surface area (Å²) in [6, 6.07) is 8.94. The summed E-state index contributed by atoms with van der Waals surface area (Å²) in [5.41, 5.74) is 8.29. The molecule has 0 saturated carbocycles. The minimum atomic E-state index is -4.34. The van der Waals surface area contributed by atoms with Gasteiger partial charge >= 0.3 is 0 Å². The lowest BCUT2D eigenvalue weighted by atomic mass is 10.0. The van der Waals surface area contributed by atoms with Crippen molar-refractivity contribution in [3.05, 3.63) is 70.8 Å². The number of nitrogens with two attached hydrogens (primary N) is 1. The molecule has 1 aliphatic heterocycles. The second-order valence-electron chi connectivity index (χ2n) is 10.3. The molecule has 1 atom stereocenters. The van der Waals surface area contributed by atoms with Gasteiger partial charge in [0.1, 0.15) is 16.8 Å². The number of hydrogen-bond donors (Lipinski definition) is 3. The molecule has 1 aliphatic rings. The van der Waals surface area contributed by atoms with E-state index < -0.39 is 28.1 Å². The van der Waals surface area contributed by atoms with Crippen LogP contribution in [0.5, 0.6) is 0 Å². The van der Waals surface area contributed by atoms with E-state index in [2.05, 4.69) is 15.0 Å². The molecule has 0 bridgehead atoms. The van der Waals surface area contributed by atoms with Gasteiger partial charge in [-0.1, -0.05) is 25.1 Å². The molecule has 1 aromatic carbocycles. The van der Waals surface area contributed by atoms with E-state index in [1.807, 2.05) is 24.4 Å². The third-order valence-corrected chi connectivity index (χ3v) is 9.83. The molecule has 43 heavy (non-hydrogen) atoms. The molecular weight excluding hydrogens is 596 g/mol. The van der Waals surface area contributed by atoms with Gasteiger partial charge in [0.15, 0.2) is 0 Å². The number of hydrogen-bond acceptors (Lipinski definition) is 7. The van der Waals surface area contributed by atoms with Crippen LogP contribution in [0.4, 0.5) is 20.3 Å². The summed E-state index contributed by atoms with van der Waals surface area (Å²) >= 11 is 1.40. The van der Waals surface area contributed by atoms with Gasteiger partial charge in [-0.25, -0.2) is 13.4 Å². The molecule has 0 spiro atoms. The standard InChI is InChI=1S/C30H35F2N5O4S2/c1-3-27(38)35-28-22(24-10-6-16-42-24)8-5-11-25(28)43(40,41)36-23(9-4-7-21-18-34-26(33)17-19(21)2)30(39)37-14-12-20(13-15-37)29(31)32/h5-6,8,10-11,16-18,23,36H,3-4,7,9,12-15H2,1-2H3,(H2,33,34)(H,35,38)/t23-/m0/s1. The van der Waals surface area contributed by atoms with Crippen molar-refractivity contribution in [2.24, 2.45) is 0 Å². The lowest BCUT2D eigenvalue weighted by Gasteiger charge is -2.31. The van der Waals surface area contributed by atoms with Crippen molar-refractivity contribution < 1.29 is 26.8 Å². The Balaban J connectivity index is 1.64. The van der Waals surface area contributed by atoms with Crippen LogP contribution in [0.15, 0.2) is 64.5 Å². The molecule has 13 heteroatoms. The Morgan fingerprint density at radius 2 is 1.91 bits per heavy atom. The van der Waals surface area contributed by atoms with Crippen molar-refractivity contribution in [2.45, 2.75) is 63.3 Å². The molecule has 0 radical (unpaired) electrons. The second-order valence-corrected chi connectivity index (χ2v) is 13.0. The van der Waals surface area contributed by atoms with Crippen LogP contribution in [0.3, 0.4) is 0 Å². The SMILES string of the molecule is CCC(=O)Nc1c(-c2cccs2)cccc1S(=O)(=O)N[C@@H](CCCc1cnc(N)cc1C)C(=O)N1CCC(=C(F)F)CC1. The van der Waals surface area contributed by atoms with Crippen LogP contribution in [-0.4, -0.2) is 49.2 Å². The monoisotopic (exact) mass is 631 g/mol. The van der Waals surface area contributed by atoms with E-state index in [-0.39, 0.29) is 60.8 Å². The Kier molecular flexibility index (Phi) is 10.6. The number of pyridine rings is 1. The molecule has 9 nitrogen and oxygen atoms in total. The number of nitrogen functional groups attached to an aromatic ring is 1. The fourth-order valence-electron chi connectivity index (χ4n) is 5.00. The van der Waals surface area contributed by atoms with Crippen molar-refractivity contribution in [3.63, 3.8) is 0 Å². The highest BCUT2D eigenvalue weighted by atomic mass is 32.2. The minimum absolute atomic E-state index is 0.00852. The van der Waals surface area contributed by atoms with E-state index in [0.717, 1.165) is 16.0 Å². The smallest absolute Gasteiger partial charge is 0.269 e. The average molecular weight is 632 g/mol. The van der Waals surface area contributed by atoms with Crippen LogP contribution in [0.25, 0.3) is 10.4 Å². The molecule has 3 heterocycles. The fraction of sp³-hybridized carbons (Fsp3) is 0.367. The third kappa shape index (κ3) is 8.03. The van der Waals surface area contributed by atoms with Gasteiger partial charge in [-0.15, -0.1) is 11.3 Å². The van der Waals surface area contributed by atoms with Crippen molar-refractivity contribution >= 4 is 44.7 Å². The number of aromatic nitrogens is 1. The van der Waals surface area contributed by atoms with Crippen molar-refractivity contribution in [3.8, 4) is 10.4 Å². The Bertz CT molecular complexity index is 1600. The zero-order chi connectivity index (χ0) is 31.1. The predicted molar refractivity (Wildman–Crippen MR) is 164 cm³/mol. The lowest BCUT2D eigenvalue weighted by molar-refractivity contribution is -0.133. The summed E-state index contributed by atoms with van der Waals surface area (Å²) in [6.07, 6.45) is 1.24. The number of likely N-dealkylation sites (tertiary alicyclic amines) is 1. The number of sulfonamides is 1. The van der Waals surface area contributed by atoms with E-state index in [1.165, 1.54) is 22.3 Å². The molecule has 4 N–H and O–H groups in total. The van der Waals surface area contributed by atoms with Gasteiger partial charge in [0.2, 0.25) is 21.8 Å². The predicted octanol–water partition coefficient (Wildman–Crippen LogP) is 5.49. The molecule has 0 unspecified atom stereocenters. The first-order valence-electron chi connectivity index (χ1n) is 14.0. The summed E-state index contributed by atoms with van der Waals surface area (Å²) in [5, 5.41) is 4.59. The number of nitrogens with zero attached hydrogens (tertiary/aromatic N) is 2. The number of carbonyl (C=O) groups excluding carboxylic acids is 2. The number of para-hydroxylation sites is 1. The van der Waals surface area contributed by atoms with Gasteiger partial charge in [0.05, 0.1) is 5.69 Å². The van der Waals surface area contributed by atoms with Crippen LogP contribution >= 0.6 is 11.3 Å². The quantitative estimate of drug-likeness (QED) is 0.256. The van der Waals surface area contributed by atoms with Crippen LogP contribution < -0.4 is 15.8 Å². The molecule has 3 aromatic rings. The number of halogens is 2. The molecular formula is C30H35F2N5O4S2. The number of amides is 2. The zero-order valence-corrected chi connectivity index (χ0v) is 25.7. The Labute approximate surface area is 254 Å². The summed E-state index contributed by atoms with van der Waals surface area (Å²) in [5.74, 6) is -0.457. The van der Waals surface area contributed by atoms with Crippen molar-refractivity contribution in [1.82, 2.24) is 14.6 Å². The van der Waals surface area contributed by atoms with Gasteiger partial charge < -0.3 is 16.0 Å².